The maximum Gasteiger partial charge on any atom is 0.122 e. The minimum Gasteiger partial charge on any atom is -0.491 e. The predicted octanol–water partition coefficient (Wildman–Crippen LogP) is 3.43. The Kier molecular flexibility index (Phi) is 9.50. The van der Waals surface area contributed by atoms with Crippen LogP contribution < -0.4 is 4.74 Å². The van der Waals surface area contributed by atoms with Crippen molar-refractivity contribution in [2.75, 3.05) is 52.7 Å². The van der Waals surface area contributed by atoms with Gasteiger partial charge in [0, 0.05) is 26.1 Å². The number of para-hydroxylation sites is 1. The number of hydrogen-bond acceptors (Lipinski definition) is 4. The molecule has 0 N–H and O–H groups in total. The molecule has 1 fully saturated rings. The van der Waals surface area contributed by atoms with Gasteiger partial charge in [0.05, 0.1) is 26.4 Å². The summed E-state index contributed by atoms with van der Waals surface area (Å²) < 4.78 is 17.0. The van der Waals surface area contributed by atoms with Crippen LogP contribution in [0.5, 0.6) is 5.75 Å². The summed E-state index contributed by atoms with van der Waals surface area (Å²) in [6.07, 6.45) is 0.884. The maximum absolute atomic E-state index is 5.94. The first-order chi connectivity index (χ1) is 12.4. The number of nitrogens with zero attached hydrogens (tertiary/aromatic N) is 1. The highest BCUT2D eigenvalue weighted by Gasteiger charge is 2.09. The SMILES string of the molecule is Cl.c1ccc(Cc2ccccc2OCCOCCN2CCOCC2)cc1. The van der Waals surface area contributed by atoms with Gasteiger partial charge in [-0.05, 0) is 17.2 Å². The van der Waals surface area contributed by atoms with Gasteiger partial charge in [0.1, 0.15) is 12.4 Å². The summed E-state index contributed by atoms with van der Waals surface area (Å²) >= 11 is 0. The van der Waals surface area contributed by atoms with E-state index in [0.717, 1.165) is 51.6 Å². The van der Waals surface area contributed by atoms with E-state index in [1.54, 1.807) is 0 Å². The quantitative estimate of drug-likeness (QED) is 0.626. The summed E-state index contributed by atoms with van der Waals surface area (Å²) in [6, 6.07) is 18.7. The van der Waals surface area contributed by atoms with Crippen LogP contribution >= 0.6 is 12.4 Å². The Morgan fingerprint density at radius 1 is 0.846 bits per heavy atom. The normalized spacial score (nSPS) is 14.6. The van der Waals surface area contributed by atoms with Gasteiger partial charge in [0.15, 0.2) is 0 Å². The zero-order valence-electron chi connectivity index (χ0n) is 15.1. The fraction of sp³-hybridized carbons (Fsp3) is 0.429. The number of ether oxygens (including phenoxy) is 3. The second-order valence-electron chi connectivity index (χ2n) is 6.18. The van der Waals surface area contributed by atoms with Crippen LogP contribution in [0, 0.1) is 0 Å². The largest absolute Gasteiger partial charge is 0.491 e. The Bertz CT molecular complexity index is 618. The van der Waals surface area contributed by atoms with E-state index in [-0.39, 0.29) is 12.4 Å². The van der Waals surface area contributed by atoms with Gasteiger partial charge in [-0.1, -0.05) is 48.5 Å². The molecule has 0 amide bonds. The summed E-state index contributed by atoms with van der Waals surface area (Å²) in [5, 5.41) is 0. The monoisotopic (exact) mass is 377 g/mol. The lowest BCUT2D eigenvalue weighted by Gasteiger charge is -2.26. The van der Waals surface area contributed by atoms with Crippen molar-refractivity contribution in [3.63, 3.8) is 0 Å². The molecule has 142 valence electrons. The van der Waals surface area contributed by atoms with Gasteiger partial charge in [-0.25, -0.2) is 0 Å². The molecule has 0 aliphatic carbocycles. The fourth-order valence-corrected chi connectivity index (χ4v) is 2.94. The van der Waals surface area contributed by atoms with Crippen molar-refractivity contribution in [3.8, 4) is 5.75 Å². The van der Waals surface area contributed by atoms with Gasteiger partial charge in [0.2, 0.25) is 0 Å². The lowest BCUT2D eigenvalue weighted by atomic mass is 10.0. The Hall–Kier alpha value is -1.59. The Balaban J connectivity index is 0.00000243. The molecule has 0 atom stereocenters. The topological polar surface area (TPSA) is 30.9 Å². The molecule has 2 aromatic rings. The van der Waals surface area contributed by atoms with E-state index >= 15 is 0 Å². The molecule has 1 aliphatic heterocycles. The number of morpholine rings is 1. The van der Waals surface area contributed by atoms with Gasteiger partial charge in [-0.2, -0.15) is 0 Å². The molecule has 0 spiro atoms. The van der Waals surface area contributed by atoms with E-state index in [9.17, 15) is 0 Å². The zero-order valence-corrected chi connectivity index (χ0v) is 16.0. The first kappa shape index (κ1) is 20.7. The molecule has 1 saturated heterocycles. The molecule has 0 bridgehead atoms. The van der Waals surface area contributed by atoms with Crippen molar-refractivity contribution in [2.24, 2.45) is 0 Å². The van der Waals surface area contributed by atoms with Crippen LogP contribution in [0.4, 0.5) is 0 Å². The average molecular weight is 378 g/mol. The third-order valence-corrected chi connectivity index (χ3v) is 4.35. The van der Waals surface area contributed by atoms with E-state index < -0.39 is 0 Å². The van der Waals surface area contributed by atoms with Crippen LogP contribution in [0.2, 0.25) is 0 Å². The highest BCUT2D eigenvalue weighted by Crippen LogP contribution is 2.21. The Morgan fingerprint density at radius 3 is 2.38 bits per heavy atom. The van der Waals surface area contributed by atoms with Crippen molar-refractivity contribution in [1.82, 2.24) is 4.90 Å². The summed E-state index contributed by atoms with van der Waals surface area (Å²) in [4.78, 5) is 2.37. The molecule has 1 aliphatic rings. The first-order valence-corrected chi connectivity index (χ1v) is 9.04. The Labute approximate surface area is 162 Å². The molecule has 2 aromatic carbocycles. The predicted molar refractivity (Wildman–Crippen MR) is 107 cm³/mol. The third-order valence-electron chi connectivity index (χ3n) is 4.35. The zero-order chi connectivity index (χ0) is 17.2. The van der Waals surface area contributed by atoms with Crippen molar-refractivity contribution in [1.29, 1.82) is 0 Å². The van der Waals surface area contributed by atoms with Crippen molar-refractivity contribution in [2.45, 2.75) is 6.42 Å². The van der Waals surface area contributed by atoms with Gasteiger partial charge in [0.25, 0.3) is 0 Å². The summed E-state index contributed by atoms with van der Waals surface area (Å²) in [5.41, 5.74) is 2.50. The van der Waals surface area contributed by atoms with Gasteiger partial charge in [-0.3, -0.25) is 4.90 Å². The van der Waals surface area contributed by atoms with Crippen LogP contribution in [0.15, 0.2) is 54.6 Å². The summed E-state index contributed by atoms with van der Waals surface area (Å²) in [7, 11) is 0. The highest BCUT2D eigenvalue weighted by molar-refractivity contribution is 5.85. The summed E-state index contributed by atoms with van der Waals surface area (Å²) in [6.45, 7) is 6.59. The molecule has 0 unspecified atom stereocenters. The smallest absolute Gasteiger partial charge is 0.122 e. The van der Waals surface area contributed by atoms with Crippen LogP contribution in [0.3, 0.4) is 0 Å². The van der Waals surface area contributed by atoms with E-state index in [2.05, 4.69) is 41.3 Å². The van der Waals surface area contributed by atoms with Gasteiger partial charge >= 0.3 is 0 Å². The first-order valence-electron chi connectivity index (χ1n) is 9.04. The third kappa shape index (κ3) is 6.96. The summed E-state index contributed by atoms with van der Waals surface area (Å²) in [5.74, 6) is 0.947. The van der Waals surface area contributed by atoms with E-state index in [0.29, 0.717) is 13.2 Å². The van der Waals surface area contributed by atoms with Crippen molar-refractivity contribution < 1.29 is 14.2 Å². The molecule has 3 rings (SSSR count). The second-order valence-corrected chi connectivity index (χ2v) is 6.18. The number of rotatable bonds is 9. The molecule has 4 nitrogen and oxygen atoms in total. The molecule has 0 saturated carbocycles. The molecular weight excluding hydrogens is 350 g/mol. The minimum atomic E-state index is 0. The van der Waals surface area contributed by atoms with Crippen LogP contribution in [0.25, 0.3) is 0 Å². The van der Waals surface area contributed by atoms with Crippen LogP contribution in [0.1, 0.15) is 11.1 Å². The van der Waals surface area contributed by atoms with Crippen molar-refractivity contribution in [3.05, 3.63) is 65.7 Å². The lowest BCUT2D eigenvalue weighted by Crippen LogP contribution is -2.38. The van der Waals surface area contributed by atoms with Crippen LogP contribution in [-0.2, 0) is 15.9 Å². The molecule has 26 heavy (non-hydrogen) atoms. The molecule has 5 heteroatoms. The molecule has 0 radical (unpaired) electrons. The van der Waals surface area contributed by atoms with Gasteiger partial charge in [-0.15, -0.1) is 12.4 Å². The molecule has 1 heterocycles. The average Bonchev–Trinajstić information content (AvgIpc) is 2.67. The van der Waals surface area contributed by atoms with Crippen molar-refractivity contribution >= 4 is 12.4 Å². The van der Waals surface area contributed by atoms with Crippen LogP contribution in [-0.4, -0.2) is 57.6 Å². The standard InChI is InChI=1S/C21H27NO3.ClH/c1-2-6-19(7-3-1)18-20-8-4-5-9-21(20)25-17-16-24-15-12-22-10-13-23-14-11-22;/h1-9H,10-18H2;1H. The van der Waals surface area contributed by atoms with E-state index in [1.807, 2.05) is 18.2 Å². The number of halogens is 1. The van der Waals surface area contributed by atoms with Gasteiger partial charge < -0.3 is 14.2 Å². The Morgan fingerprint density at radius 2 is 1.58 bits per heavy atom. The molecule has 0 aromatic heterocycles. The van der Waals surface area contributed by atoms with E-state index in [1.165, 1.54) is 11.1 Å². The van der Waals surface area contributed by atoms with E-state index in [4.69, 9.17) is 14.2 Å². The molecular formula is C21H28ClNO3. The minimum absolute atomic E-state index is 0. The number of benzene rings is 2. The number of hydrogen-bond donors (Lipinski definition) is 0. The highest BCUT2D eigenvalue weighted by atomic mass is 35.5. The lowest BCUT2D eigenvalue weighted by molar-refractivity contribution is 0.0170. The fourth-order valence-electron chi connectivity index (χ4n) is 2.94. The second kappa shape index (κ2) is 11.9. The maximum atomic E-state index is 5.94.